The maximum absolute atomic E-state index is 13.7. The van der Waals surface area contributed by atoms with Crippen molar-refractivity contribution in [3.63, 3.8) is 0 Å². The van der Waals surface area contributed by atoms with E-state index in [1.54, 1.807) is 36.3 Å². The Kier molecular flexibility index (Phi) is 6.45. The van der Waals surface area contributed by atoms with E-state index >= 15 is 0 Å². The van der Waals surface area contributed by atoms with Crippen LogP contribution in [0.15, 0.2) is 72.8 Å². The number of nitrogens with zero attached hydrogens (tertiary/aromatic N) is 1. The van der Waals surface area contributed by atoms with E-state index in [-0.39, 0.29) is 30.2 Å². The number of fused-ring (bicyclic) bond motifs is 1. The number of halogens is 1. The summed E-state index contributed by atoms with van der Waals surface area (Å²) < 4.78 is 18.8. The summed E-state index contributed by atoms with van der Waals surface area (Å²) >= 11 is 0. The Morgan fingerprint density at radius 1 is 1.03 bits per heavy atom. The number of amides is 2. The van der Waals surface area contributed by atoms with Gasteiger partial charge in [0.05, 0.1) is 19.1 Å². The van der Waals surface area contributed by atoms with Crippen molar-refractivity contribution < 1.29 is 18.7 Å². The molecule has 0 aliphatic carbocycles. The minimum Gasteiger partial charge on any atom is -0.497 e. The summed E-state index contributed by atoms with van der Waals surface area (Å²) in [5.41, 5.74) is 2.82. The number of carbonyl (C=O) groups is 2. The molecule has 3 aromatic carbocycles. The van der Waals surface area contributed by atoms with Crippen molar-refractivity contribution in [2.75, 3.05) is 7.11 Å². The highest BCUT2D eigenvalue weighted by Gasteiger charge is 2.44. The molecule has 2 amide bonds. The van der Waals surface area contributed by atoms with E-state index in [1.807, 2.05) is 50.2 Å². The molecule has 0 fully saturated rings. The van der Waals surface area contributed by atoms with Crippen molar-refractivity contribution in [2.24, 2.45) is 0 Å². The van der Waals surface area contributed by atoms with Crippen molar-refractivity contribution >= 4 is 11.8 Å². The van der Waals surface area contributed by atoms with Gasteiger partial charge in [-0.25, -0.2) is 4.39 Å². The average Bonchev–Trinajstić information content (AvgIpc) is 2.81. The van der Waals surface area contributed by atoms with Crippen molar-refractivity contribution in [1.29, 1.82) is 0 Å². The van der Waals surface area contributed by atoms with Crippen molar-refractivity contribution in [1.82, 2.24) is 10.2 Å². The molecule has 33 heavy (non-hydrogen) atoms. The SMILES string of the molecule is COc1ccc([C@H]2[C@H](C(=O)NC(C)C)c3ccccc3C(=O)N2Cc2ccc(F)cc2)cc1. The highest BCUT2D eigenvalue weighted by molar-refractivity contribution is 6.01. The molecule has 0 spiro atoms. The summed E-state index contributed by atoms with van der Waals surface area (Å²) in [5.74, 6) is -0.557. The average molecular weight is 447 g/mol. The predicted octanol–water partition coefficient (Wildman–Crippen LogP) is 4.84. The number of hydrogen-bond acceptors (Lipinski definition) is 3. The number of benzene rings is 3. The van der Waals surface area contributed by atoms with Crippen LogP contribution in [0.25, 0.3) is 0 Å². The molecule has 1 N–H and O–H groups in total. The maximum Gasteiger partial charge on any atom is 0.255 e. The molecule has 1 heterocycles. The first-order valence-corrected chi connectivity index (χ1v) is 11.0. The molecule has 3 aromatic rings. The molecule has 1 aliphatic rings. The van der Waals surface area contributed by atoms with Gasteiger partial charge in [-0.05, 0) is 60.9 Å². The van der Waals surface area contributed by atoms with Gasteiger partial charge in [-0.15, -0.1) is 0 Å². The van der Waals surface area contributed by atoms with Crippen LogP contribution in [-0.2, 0) is 11.3 Å². The molecule has 0 aromatic heterocycles. The van der Waals surface area contributed by atoms with E-state index in [0.717, 1.165) is 11.1 Å². The molecule has 0 radical (unpaired) electrons. The molecule has 0 bridgehead atoms. The smallest absolute Gasteiger partial charge is 0.255 e. The zero-order valence-electron chi connectivity index (χ0n) is 18.9. The predicted molar refractivity (Wildman–Crippen MR) is 124 cm³/mol. The largest absolute Gasteiger partial charge is 0.497 e. The first-order chi connectivity index (χ1) is 15.9. The molecule has 0 unspecified atom stereocenters. The third kappa shape index (κ3) is 4.60. The van der Waals surface area contributed by atoms with Gasteiger partial charge >= 0.3 is 0 Å². The first-order valence-electron chi connectivity index (χ1n) is 11.0. The molecule has 4 rings (SSSR count). The topological polar surface area (TPSA) is 58.6 Å². The molecule has 1 aliphatic heterocycles. The molecule has 0 saturated heterocycles. The van der Waals surface area contributed by atoms with E-state index < -0.39 is 12.0 Å². The quantitative estimate of drug-likeness (QED) is 0.590. The Balaban J connectivity index is 1.86. The molecule has 6 heteroatoms. The number of carbonyl (C=O) groups excluding carboxylic acids is 2. The molecule has 170 valence electrons. The van der Waals surface area contributed by atoms with Gasteiger partial charge < -0.3 is 15.0 Å². The Morgan fingerprint density at radius 2 is 1.70 bits per heavy atom. The molecule has 2 atom stereocenters. The van der Waals surface area contributed by atoms with Crippen LogP contribution in [0.4, 0.5) is 4.39 Å². The lowest BCUT2D eigenvalue weighted by Gasteiger charge is -2.42. The monoisotopic (exact) mass is 446 g/mol. The Morgan fingerprint density at radius 3 is 2.33 bits per heavy atom. The van der Waals surface area contributed by atoms with Crippen LogP contribution in [0.1, 0.15) is 52.9 Å². The second-order valence-corrected chi connectivity index (χ2v) is 8.51. The number of ether oxygens (including phenoxy) is 1. The Labute approximate surface area is 193 Å². The van der Waals surface area contributed by atoms with Crippen LogP contribution in [-0.4, -0.2) is 29.9 Å². The molecule has 5 nitrogen and oxygen atoms in total. The van der Waals surface area contributed by atoms with E-state index in [9.17, 15) is 14.0 Å². The third-order valence-electron chi connectivity index (χ3n) is 5.88. The van der Waals surface area contributed by atoms with Gasteiger partial charge in [0.2, 0.25) is 5.91 Å². The van der Waals surface area contributed by atoms with Crippen molar-refractivity contribution in [2.45, 2.75) is 38.4 Å². The Hall–Kier alpha value is -3.67. The zero-order chi connectivity index (χ0) is 23.5. The van der Waals surface area contributed by atoms with Crippen LogP contribution in [0.3, 0.4) is 0 Å². The van der Waals surface area contributed by atoms with E-state index in [4.69, 9.17) is 4.74 Å². The second-order valence-electron chi connectivity index (χ2n) is 8.51. The fraction of sp³-hybridized carbons (Fsp3) is 0.259. The Bertz CT molecular complexity index is 1140. The lowest BCUT2D eigenvalue weighted by Crippen LogP contribution is -2.48. The van der Waals surface area contributed by atoms with Gasteiger partial charge in [-0.1, -0.05) is 42.5 Å². The van der Waals surface area contributed by atoms with Crippen LogP contribution >= 0.6 is 0 Å². The number of methoxy groups -OCH3 is 1. The van der Waals surface area contributed by atoms with Gasteiger partial charge in [-0.3, -0.25) is 9.59 Å². The number of hydrogen-bond donors (Lipinski definition) is 1. The molecule has 0 saturated carbocycles. The summed E-state index contributed by atoms with van der Waals surface area (Å²) in [5, 5.41) is 3.03. The van der Waals surface area contributed by atoms with Crippen LogP contribution in [0, 0.1) is 5.82 Å². The maximum atomic E-state index is 13.7. The van der Waals surface area contributed by atoms with Crippen molar-refractivity contribution in [3.05, 3.63) is 101 Å². The standard InChI is InChI=1S/C27H27FN2O3/c1-17(2)29-26(31)24-22-6-4-5-7-23(22)27(32)30(16-18-8-12-20(28)13-9-18)25(24)19-10-14-21(33-3)15-11-19/h4-15,17,24-25H,16H2,1-3H3,(H,29,31)/t24-,25+/m1/s1. The molecular weight excluding hydrogens is 419 g/mol. The minimum atomic E-state index is -0.602. The lowest BCUT2D eigenvalue weighted by molar-refractivity contribution is -0.124. The fourth-order valence-electron chi connectivity index (χ4n) is 4.38. The first kappa shape index (κ1) is 22.5. The van der Waals surface area contributed by atoms with Crippen molar-refractivity contribution in [3.8, 4) is 5.75 Å². The summed E-state index contributed by atoms with van der Waals surface area (Å²) in [6.45, 7) is 4.07. The van der Waals surface area contributed by atoms with Gasteiger partial charge in [-0.2, -0.15) is 0 Å². The van der Waals surface area contributed by atoms with Gasteiger partial charge in [0.1, 0.15) is 11.6 Å². The van der Waals surface area contributed by atoms with Crippen LogP contribution in [0.2, 0.25) is 0 Å². The number of nitrogens with one attached hydrogen (secondary N) is 1. The van der Waals surface area contributed by atoms with E-state index in [0.29, 0.717) is 16.9 Å². The van der Waals surface area contributed by atoms with Gasteiger partial charge in [0, 0.05) is 18.2 Å². The van der Waals surface area contributed by atoms with E-state index in [1.165, 1.54) is 12.1 Å². The summed E-state index contributed by atoms with van der Waals surface area (Å²) in [7, 11) is 1.59. The lowest BCUT2D eigenvalue weighted by atomic mass is 9.78. The van der Waals surface area contributed by atoms with Crippen LogP contribution in [0.5, 0.6) is 5.75 Å². The van der Waals surface area contributed by atoms with Gasteiger partial charge in [0.25, 0.3) is 5.91 Å². The third-order valence-corrected chi connectivity index (χ3v) is 5.88. The van der Waals surface area contributed by atoms with E-state index in [2.05, 4.69) is 5.32 Å². The second kappa shape index (κ2) is 9.45. The molecular formula is C27H27FN2O3. The number of rotatable bonds is 6. The highest BCUT2D eigenvalue weighted by atomic mass is 19.1. The summed E-state index contributed by atoms with van der Waals surface area (Å²) in [6.07, 6.45) is 0. The van der Waals surface area contributed by atoms with Gasteiger partial charge in [0.15, 0.2) is 0 Å². The zero-order valence-corrected chi connectivity index (χ0v) is 18.9. The minimum absolute atomic E-state index is 0.0515. The fourth-order valence-corrected chi connectivity index (χ4v) is 4.38. The normalized spacial score (nSPS) is 17.6. The van der Waals surface area contributed by atoms with Crippen LogP contribution < -0.4 is 10.1 Å². The summed E-state index contributed by atoms with van der Waals surface area (Å²) in [4.78, 5) is 28.9. The summed E-state index contributed by atoms with van der Waals surface area (Å²) in [6, 6.07) is 20.2. The highest BCUT2D eigenvalue weighted by Crippen LogP contribution is 2.44.